The topological polar surface area (TPSA) is 67.0 Å². The molecular weight excluding hydrogens is 330 g/mol. The summed E-state index contributed by atoms with van der Waals surface area (Å²) in [6.07, 6.45) is -1.81. The summed E-state index contributed by atoms with van der Waals surface area (Å²) in [4.78, 5) is 18.3. The molecule has 24 heavy (non-hydrogen) atoms. The lowest BCUT2D eigenvalue weighted by atomic mass is 10.1. The van der Waals surface area contributed by atoms with Crippen molar-refractivity contribution in [3.05, 3.63) is 47.8 Å². The first kappa shape index (κ1) is 17.8. The number of halogens is 4. The fourth-order valence-corrected chi connectivity index (χ4v) is 2.12. The molecule has 0 spiro atoms. The Morgan fingerprint density at radius 1 is 1.42 bits per heavy atom. The van der Waals surface area contributed by atoms with Crippen molar-refractivity contribution in [1.82, 2.24) is 15.3 Å². The number of alkyl halides is 3. The third kappa shape index (κ3) is 4.46. The van der Waals surface area contributed by atoms with Crippen molar-refractivity contribution in [2.75, 3.05) is 7.11 Å². The summed E-state index contributed by atoms with van der Waals surface area (Å²) in [5.41, 5.74) is 0.222. The number of nitrogens with one attached hydrogen (secondary N) is 2. The number of hydrogen-bond acceptors (Lipinski definition) is 3. The molecule has 0 saturated carbocycles. The molecule has 1 atom stereocenters. The lowest BCUT2D eigenvalue weighted by Crippen LogP contribution is -2.38. The molecule has 0 aliphatic heterocycles. The molecule has 1 aromatic heterocycles. The van der Waals surface area contributed by atoms with Crippen molar-refractivity contribution in [1.29, 1.82) is 0 Å². The highest BCUT2D eigenvalue weighted by molar-refractivity contribution is 5.76. The van der Waals surface area contributed by atoms with Crippen LogP contribution in [-0.4, -0.2) is 29.2 Å². The fourth-order valence-electron chi connectivity index (χ4n) is 2.12. The van der Waals surface area contributed by atoms with E-state index in [1.54, 1.807) is 0 Å². The number of aryl methyl sites for hydroxylation is 1. The number of nitrogens with zero attached hydrogens (tertiary/aromatic N) is 1. The van der Waals surface area contributed by atoms with Crippen LogP contribution in [0.2, 0.25) is 0 Å². The molecule has 130 valence electrons. The molecule has 0 saturated heterocycles. The van der Waals surface area contributed by atoms with Gasteiger partial charge in [-0.2, -0.15) is 13.2 Å². The number of H-pyrrole nitrogens is 1. The van der Waals surface area contributed by atoms with E-state index in [0.717, 1.165) is 12.1 Å². The Balaban J connectivity index is 2.11. The van der Waals surface area contributed by atoms with Crippen molar-refractivity contribution in [2.24, 2.45) is 0 Å². The van der Waals surface area contributed by atoms with E-state index in [9.17, 15) is 22.4 Å². The summed E-state index contributed by atoms with van der Waals surface area (Å²) >= 11 is 0. The Hall–Kier alpha value is -2.58. The minimum absolute atomic E-state index is 0.159. The van der Waals surface area contributed by atoms with E-state index in [1.807, 2.05) is 5.32 Å². The number of benzene rings is 1. The molecule has 2 rings (SSSR count). The lowest BCUT2D eigenvalue weighted by molar-refractivity contribution is -0.163. The fraction of sp³-hybridized carbons (Fsp3) is 0.333. The average molecular weight is 345 g/mol. The van der Waals surface area contributed by atoms with Crippen LogP contribution in [0.15, 0.2) is 30.7 Å². The first-order chi connectivity index (χ1) is 11.3. The maximum atomic E-state index is 13.7. The Bertz CT molecular complexity index is 687. The Morgan fingerprint density at radius 2 is 2.17 bits per heavy atom. The summed E-state index contributed by atoms with van der Waals surface area (Å²) in [5.74, 6) is -1.91. The SMILES string of the molecule is COc1ccc(C(NC(=O)CCc2cnc[nH]2)C(F)(F)F)cc1F. The third-order valence-electron chi connectivity index (χ3n) is 3.32. The molecule has 1 unspecified atom stereocenters. The van der Waals surface area contributed by atoms with E-state index >= 15 is 0 Å². The van der Waals surface area contributed by atoms with E-state index < -0.39 is 29.5 Å². The van der Waals surface area contributed by atoms with Gasteiger partial charge in [-0.3, -0.25) is 4.79 Å². The number of rotatable bonds is 6. The van der Waals surface area contributed by atoms with Gasteiger partial charge < -0.3 is 15.0 Å². The van der Waals surface area contributed by atoms with E-state index in [0.29, 0.717) is 11.8 Å². The smallest absolute Gasteiger partial charge is 0.412 e. The largest absolute Gasteiger partial charge is 0.494 e. The number of amides is 1. The van der Waals surface area contributed by atoms with Gasteiger partial charge in [0.1, 0.15) is 0 Å². The van der Waals surface area contributed by atoms with Crippen LogP contribution in [0.4, 0.5) is 17.6 Å². The van der Waals surface area contributed by atoms with Gasteiger partial charge in [-0.25, -0.2) is 9.37 Å². The van der Waals surface area contributed by atoms with Gasteiger partial charge in [-0.15, -0.1) is 0 Å². The van der Waals surface area contributed by atoms with Crippen molar-refractivity contribution in [3.8, 4) is 5.75 Å². The van der Waals surface area contributed by atoms with Crippen LogP contribution in [-0.2, 0) is 11.2 Å². The average Bonchev–Trinajstić information content (AvgIpc) is 3.03. The maximum Gasteiger partial charge on any atom is 0.412 e. The number of imidazole rings is 1. The van der Waals surface area contributed by atoms with E-state index in [2.05, 4.69) is 14.7 Å². The first-order valence-electron chi connectivity index (χ1n) is 6.98. The van der Waals surface area contributed by atoms with Gasteiger partial charge in [0, 0.05) is 18.3 Å². The maximum absolute atomic E-state index is 13.7. The predicted molar refractivity (Wildman–Crippen MR) is 76.8 cm³/mol. The normalized spacial score (nSPS) is 12.7. The van der Waals surface area contributed by atoms with Gasteiger partial charge >= 0.3 is 6.18 Å². The predicted octanol–water partition coefficient (Wildman–Crippen LogP) is 2.91. The quantitative estimate of drug-likeness (QED) is 0.791. The van der Waals surface area contributed by atoms with Crippen LogP contribution in [0.1, 0.15) is 23.7 Å². The molecule has 0 aliphatic carbocycles. The highest BCUT2D eigenvalue weighted by Crippen LogP contribution is 2.34. The van der Waals surface area contributed by atoms with Crippen LogP contribution in [0.3, 0.4) is 0 Å². The molecular formula is C15H15F4N3O2. The van der Waals surface area contributed by atoms with Crippen LogP contribution in [0.25, 0.3) is 0 Å². The van der Waals surface area contributed by atoms with Gasteiger partial charge in [-0.1, -0.05) is 6.07 Å². The molecule has 1 aromatic carbocycles. The molecule has 0 aliphatic rings. The third-order valence-corrected chi connectivity index (χ3v) is 3.32. The zero-order chi connectivity index (χ0) is 17.7. The molecule has 2 N–H and O–H groups in total. The standard InChI is InChI=1S/C15H15F4N3O2/c1-24-12-4-2-9(6-11(12)16)14(15(17,18)19)22-13(23)5-3-10-7-20-8-21-10/h2,4,6-8,14H,3,5H2,1H3,(H,20,21)(H,22,23). The van der Waals surface area contributed by atoms with Crippen LogP contribution in [0, 0.1) is 5.82 Å². The molecule has 9 heteroatoms. The second-order valence-electron chi connectivity index (χ2n) is 5.01. The minimum Gasteiger partial charge on any atom is -0.494 e. The van der Waals surface area contributed by atoms with Gasteiger partial charge in [0.15, 0.2) is 17.6 Å². The highest BCUT2D eigenvalue weighted by Gasteiger charge is 2.42. The molecule has 0 bridgehead atoms. The molecule has 0 fully saturated rings. The van der Waals surface area contributed by atoms with E-state index in [4.69, 9.17) is 0 Å². The number of hydrogen-bond donors (Lipinski definition) is 2. The van der Waals surface area contributed by atoms with Crippen LogP contribution in [0.5, 0.6) is 5.75 Å². The number of ether oxygens (including phenoxy) is 1. The summed E-state index contributed by atoms with van der Waals surface area (Å²) in [7, 11) is 1.20. The van der Waals surface area contributed by atoms with Gasteiger partial charge in [-0.05, 0) is 24.1 Å². The van der Waals surface area contributed by atoms with Crippen LogP contribution >= 0.6 is 0 Å². The molecule has 5 nitrogen and oxygen atoms in total. The minimum atomic E-state index is -4.76. The van der Waals surface area contributed by atoms with Gasteiger partial charge in [0.05, 0.1) is 13.4 Å². The number of carbonyl (C=O) groups excluding carboxylic acids is 1. The zero-order valence-electron chi connectivity index (χ0n) is 12.7. The first-order valence-corrected chi connectivity index (χ1v) is 6.98. The van der Waals surface area contributed by atoms with E-state index in [-0.39, 0.29) is 18.6 Å². The molecule has 2 aromatic rings. The molecule has 1 heterocycles. The number of carbonyl (C=O) groups is 1. The Kier molecular flexibility index (Phi) is 5.42. The van der Waals surface area contributed by atoms with Crippen molar-refractivity contribution < 1.29 is 27.1 Å². The van der Waals surface area contributed by atoms with Crippen molar-refractivity contribution in [2.45, 2.75) is 25.1 Å². The number of methoxy groups -OCH3 is 1. The summed E-state index contributed by atoms with van der Waals surface area (Å²) in [5, 5.41) is 1.89. The summed E-state index contributed by atoms with van der Waals surface area (Å²) < 4.78 is 58.0. The monoisotopic (exact) mass is 345 g/mol. The van der Waals surface area contributed by atoms with E-state index in [1.165, 1.54) is 19.6 Å². The second kappa shape index (κ2) is 7.33. The molecule has 1 amide bonds. The Labute approximate surface area is 135 Å². The zero-order valence-corrected chi connectivity index (χ0v) is 12.7. The van der Waals surface area contributed by atoms with Crippen molar-refractivity contribution in [3.63, 3.8) is 0 Å². The second-order valence-corrected chi connectivity index (χ2v) is 5.01. The van der Waals surface area contributed by atoms with Crippen LogP contribution < -0.4 is 10.1 Å². The summed E-state index contributed by atoms with van der Waals surface area (Å²) in [6.45, 7) is 0. The highest BCUT2D eigenvalue weighted by atomic mass is 19.4. The Morgan fingerprint density at radius 3 is 2.71 bits per heavy atom. The number of aromatic amines is 1. The summed E-state index contributed by atoms with van der Waals surface area (Å²) in [6, 6.07) is 0.550. The molecule has 0 radical (unpaired) electrons. The lowest BCUT2D eigenvalue weighted by Gasteiger charge is -2.22. The van der Waals surface area contributed by atoms with Crippen molar-refractivity contribution >= 4 is 5.91 Å². The number of aromatic nitrogens is 2. The van der Waals surface area contributed by atoms with Gasteiger partial charge in [0.25, 0.3) is 0 Å². The van der Waals surface area contributed by atoms with Gasteiger partial charge in [0.2, 0.25) is 5.91 Å².